The molecule has 2 amide bonds. The Morgan fingerprint density at radius 1 is 0.659 bits per heavy atom. The summed E-state index contributed by atoms with van der Waals surface area (Å²) >= 11 is 0. The van der Waals surface area contributed by atoms with Gasteiger partial charge in [-0.3, -0.25) is 20.4 Å². The Bertz CT molecular complexity index is 1570. The third kappa shape index (κ3) is 8.45. The molecule has 234 valence electrons. The molecule has 0 aliphatic heterocycles. The number of unbranched alkanes of at least 4 members (excludes halogenated alkanes) is 1. The Labute approximate surface area is 254 Å². The summed E-state index contributed by atoms with van der Waals surface area (Å²) in [4.78, 5) is 25.1. The lowest BCUT2D eigenvalue weighted by atomic mass is 10.1. The van der Waals surface area contributed by atoms with Crippen LogP contribution in [0, 0.1) is 10.8 Å². The van der Waals surface area contributed by atoms with Crippen LogP contribution >= 0.6 is 0 Å². The largest absolute Gasteiger partial charge is 0.493 e. The van der Waals surface area contributed by atoms with Gasteiger partial charge in [-0.25, -0.2) is 0 Å². The molecule has 4 rings (SSSR count). The van der Waals surface area contributed by atoms with Crippen LogP contribution in [0.4, 0.5) is 0 Å². The number of nitrogens with one attached hydrogen (secondary N) is 4. The zero-order valence-corrected chi connectivity index (χ0v) is 25.0. The highest BCUT2D eigenvalue weighted by Crippen LogP contribution is 2.25. The van der Waals surface area contributed by atoms with Crippen molar-refractivity contribution in [2.45, 2.75) is 25.7 Å². The number of benzene rings is 2. The number of fused-ring (bicyclic) bond motifs is 2. The number of hydrogen-bond acceptors (Lipinski definition) is 10. The third-order valence-electron chi connectivity index (χ3n) is 6.77. The molecule has 0 bridgehead atoms. The first kappa shape index (κ1) is 32.2. The quantitative estimate of drug-likeness (QED) is 0.131. The van der Waals surface area contributed by atoms with Crippen LogP contribution in [0.25, 0.3) is 21.9 Å². The van der Waals surface area contributed by atoms with Crippen LogP contribution in [-0.2, 0) is 9.47 Å². The van der Waals surface area contributed by atoms with Gasteiger partial charge in [-0.05, 0) is 49.9 Å². The van der Waals surface area contributed by atoms with Crippen molar-refractivity contribution in [1.29, 1.82) is 10.8 Å². The molecule has 0 aliphatic rings. The SMILES string of the molecule is COc1cccc2cc(C(=O)NCCCOCCCCOCCCNC(=O)c3cc4cccc(OC)c4oc3=N)c(=N)oc12. The van der Waals surface area contributed by atoms with Gasteiger partial charge in [-0.1, -0.05) is 24.3 Å². The number of rotatable bonds is 17. The molecule has 44 heavy (non-hydrogen) atoms. The van der Waals surface area contributed by atoms with Crippen molar-refractivity contribution in [3.63, 3.8) is 0 Å². The standard InChI is InChI=1S/C32H38N4O8/c1-39-25-11-5-9-21-19-23(29(33)43-27(21)25)31(37)35-13-7-17-41-15-3-4-16-42-18-8-14-36-32(38)24-20-22-10-6-12-26(40-2)28(22)44-30(24)34/h5-6,9-12,19-20,33-34H,3-4,7-8,13-18H2,1-2H3,(H,35,37)(H,36,38). The molecule has 0 aliphatic carbocycles. The van der Waals surface area contributed by atoms with Crippen LogP contribution in [0.2, 0.25) is 0 Å². The van der Waals surface area contributed by atoms with Crippen molar-refractivity contribution in [3.8, 4) is 11.5 Å². The maximum Gasteiger partial charge on any atom is 0.256 e. The summed E-state index contributed by atoms with van der Waals surface area (Å²) in [6.45, 7) is 3.03. The number of hydrogen-bond donors (Lipinski definition) is 4. The minimum atomic E-state index is -0.369. The second-order valence-corrected chi connectivity index (χ2v) is 9.89. The number of carbonyl (C=O) groups is 2. The van der Waals surface area contributed by atoms with E-state index < -0.39 is 0 Å². The van der Waals surface area contributed by atoms with E-state index in [0.717, 1.165) is 12.8 Å². The van der Waals surface area contributed by atoms with E-state index in [2.05, 4.69) is 10.6 Å². The molecule has 2 aromatic carbocycles. The lowest BCUT2D eigenvalue weighted by molar-refractivity contribution is 0.0898. The van der Waals surface area contributed by atoms with Crippen LogP contribution in [0.15, 0.2) is 57.4 Å². The predicted octanol–water partition coefficient (Wildman–Crippen LogP) is 3.91. The molecule has 12 nitrogen and oxygen atoms in total. The first-order valence-corrected chi connectivity index (χ1v) is 14.5. The van der Waals surface area contributed by atoms with Gasteiger partial charge >= 0.3 is 0 Å². The van der Waals surface area contributed by atoms with Crippen molar-refractivity contribution < 1.29 is 37.4 Å². The molecule has 4 aromatic rings. The number of methoxy groups -OCH3 is 2. The lowest BCUT2D eigenvalue weighted by Gasteiger charge is -2.09. The van der Waals surface area contributed by atoms with Gasteiger partial charge in [-0.15, -0.1) is 0 Å². The van der Waals surface area contributed by atoms with Crippen molar-refractivity contribution in [2.75, 3.05) is 53.7 Å². The van der Waals surface area contributed by atoms with Gasteiger partial charge in [0.15, 0.2) is 22.7 Å². The summed E-state index contributed by atoms with van der Waals surface area (Å²) in [7, 11) is 3.05. The van der Waals surface area contributed by atoms with Crippen LogP contribution in [0.1, 0.15) is 46.4 Å². The summed E-state index contributed by atoms with van der Waals surface area (Å²) < 4.78 is 32.8. The zero-order valence-electron chi connectivity index (χ0n) is 25.0. The van der Waals surface area contributed by atoms with Crippen LogP contribution < -0.4 is 31.2 Å². The smallest absolute Gasteiger partial charge is 0.256 e. The third-order valence-corrected chi connectivity index (χ3v) is 6.77. The first-order chi connectivity index (χ1) is 21.4. The molecule has 0 fully saturated rings. The fourth-order valence-corrected chi connectivity index (χ4v) is 4.48. The van der Waals surface area contributed by atoms with Gasteiger partial charge in [0, 0.05) is 50.3 Å². The highest BCUT2D eigenvalue weighted by Gasteiger charge is 2.14. The summed E-state index contributed by atoms with van der Waals surface area (Å²) in [5, 5.41) is 23.1. The van der Waals surface area contributed by atoms with E-state index in [1.807, 2.05) is 0 Å². The Morgan fingerprint density at radius 2 is 1.07 bits per heavy atom. The van der Waals surface area contributed by atoms with Gasteiger partial charge in [0.05, 0.1) is 14.2 Å². The number of amides is 2. The Balaban J connectivity index is 1.02. The maximum absolute atomic E-state index is 12.5. The number of ether oxygens (including phenoxy) is 4. The van der Waals surface area contributed by atoms with E-state index in [0.29, 0.717) is 85.8 Å². The monoisotopic (exact) mass is 606 g/mol. The van der Waals surface area contributed by atoms with Gasteiger partial charge in [-0.2, -0.15) is 0 Å². The van der Waals surface area contributed by atoms with Crippen LogP contribution in [0.5, 0.6) is 11.5 Å². The minimum Gasteiger partial charge on any atom is -0.493 e. The molecule has 0 saturated heterocycles. The second-order valence-electron chi connectivity index (χ2n) is 9.89. The number of carbonyl (C=O) groups excluding carboxylic acids is 2. The molecule has 2 heterocycles. The van der Waals surface area contributed by atoms with E-state index in [1.54, 1.807) is 48.5 Å². The van der Waals surface area contributed by atoms with Gasteiger partial charge < -0.3 is 38.4 Å². The molecule has 0 unspecified atom stereocenters. The topological polar surface area (TPSA) is 169 Å². The maximum atomic E-state index is 12.5. The molecule has 0 spiro atoms. The second kappa shape index (κ2) is 16.2. The fraction of sp³-hybridized carbons (Fsp3) is 0.375. The van der Waals surface area contributed by atoms with E-state index in [9.17, 15) is 9.59 Å². The molecule has 12 heteroatoms. The van der Waals surface area contributed by atoms with Gasteiger partial charge in [0.25, 0.3) is 11.8 Å². The first-order valence-electron chi connectivity index (χ1n) is 14.5. The molecule has 0 saturated carbocycles. The summed E-state index contributed by atoms with van der Waals surface area (Å²) in [5.74, 6) is 0.279. The summed E-state index contributed by atoms with van der Waals surface area (Å²) in [6, 6.07) is 13.9. The van der Waals surface area contributed by atoms with E-state index in [-0.39, 0.29) is 34.0 Å². The molecule has 0 radical (unpaired) electrons. The Morgan fingerprint density at radius 3 is 1.48 bits per heavy atom. The summed E-state index contributed by atoms with van der Waals surface area (Å²) in [6.07, 6.45) is 2.97. The molecular formula is C32H38N4O8. The van der Waals surface area contributed by atoms with E-state index >= 15 is 0 Å². The fourth-order valence-electron chi connectivity index (χ4n) is 4.48. The average Bonchev–Trinajstić information content (AvgIpc) is 3.03. The summed E-state index contributed by atoms with van der Waals surface area (Å²) in [5.41, 5.74) is 0.755. The van der Waals surface area contributed by atoms with Crippen molar-refractivity contribution in [1.82, 2.24) is 10.6 Å². The average molecular weight is 607 g/mol. The van der Waals surface area contributed by atoms with E-state index in [4.69, 9.17) is 38.6 Å². The number of para-hydroxylation sites is 2. The minimum absolute atomic E-state index is 0.165. The highest BCUT2D eigenvalue weighted by molar-refractivity contribution is 5.98. The van der Waals surface area contributed by atoms with Gasteiger partial charge in [0.1, 0.15) is 11.1 Å². The highest BCUT2D eigenvalue weighted by atomic mass is 16.5. The normalized spacial score (nSPS) is 11.0. The lowest BCUT2D eigenvalue weighted by Crippen LogP contribution is -2.29. The van der Waals surface area contributed by atoms with Gasteiger partial charge in [0.2, 0.25) is 11.1 Å². The van der Waals surface area contributed by atoms with Crippen molar-refractivity contribution >= 4 is 33.8 Å². The molecular weight excluding hydrogens is 568 g/mol. The van der Waals surface area contributed by atoms with Crippen molar-refractivity contribution in [3.05, 3.63) is 70.8 Å². The van der Waals surface area contributed by atoms with Crippen LogP contribution in [0.3, 0.4) is 0 Å². The molecule has 2 aromatic heterocycles. The van der Waals surface area contributed by atoms with E-state index in [1.165, 1.54) is 14.2 Å². The molecule has 0 atom stereocenters. The zero-order chi connectivity index (χ0) is 31.3. The Kier molecular flexibility index (Phi) is 11.9. The predicted molar refractivity (Wildman–Crippen MR) is 162 cm³/mol. The van der Waals surface area contributed by atoms with Crippen LogP contribution in [-0.4, -0.2) is 65.6 Å². The molecule has 4 N–H and O–H groups in total. The van der Waals surface area contributed by atoms with Crippen molar-refractivity contribution in [2.24, 2.45) is 0 Å². The Hall–Kier alpha value is -4.68.